The smallest absolute Gasteiger partial charge is 0.197 e. The van der Waals surface area contributed by atoms with E-state index in [4.69, 9.17) is 0 Å². The highest BCUT2D eigenvalue weighted by atomic mass is 15.1. The largest absolute Gasteiger partial charge is 0.378 e. The minimum absolute atomic E-state index is 0.0580. The molecular weight excluding hydrogens is 422 g/mol. The summed E-state index contributed by atoms with van der Waals surface area (Å²) in [5.74, 6) is 0. The van der Waals surface area contributed by atoms with Crippen LogP contribution < -0.4 is 9.80 Å². The van der Waals surface area contributed by atoms with E-state index in [9.17, 15) is 26.3 Å². The van der Waals surface area contributed by atoms with Crippen molar-refractivity contribution in [3.05, 3.63) is 71.3 Å². The topological polar surface area (TPSA) is 125 Å². The number of allylic oxidation sites excluding steroid dienone is 4. The Hall–Kier alpha value is -5.03. The van der Waals surface area contributed by atoms with Crippen LogP contribution in [0.1, 0.15) is 11.1 Å². The Morgan fingerprint density at radius 2 is 1.06 bits per heavy atom. The van der Waals surface area contributed by atoms with Crippen LogP contribution in [0.25, 0.3) is 11.1 Å². The van der Waals surface area contributed by atoms with Gasteiger partial charge in [0.25, 0.3) is 0 Å². The Morgan fingerprint density at radius 3 is 1.41 bits per heavy atom. The third-order valence-electron chi connectivity index (χ3n) is 5.95. The molecule has 34 heavy (non-hydrogen) atoms. The molecule has 0 unspecified atom stereocenters. The molecule has 0 N–H and O–H groups in total. The molecule has 0 aliphatic heterocycles. The van der Waals surface area contributed by atoms with Gasteiger partial charge in [-0.15, -0.1) is 0 Å². The third kappa shape index (κ3) is 3.51. The molecule has 1 aliphatic rings. The first-order chi connectivity index (χ1) is 16.2. The maximum atomic E-state index is 10.4. The zero-order valence-corrected chi connectivity index (χ0v) is 19.3. The van der Waals surface area contributed by atoms with Gasteiger partial charge in [-0.1, -0.05) is 24.3 Å². The molecule has 2 aromatic carbocycles. The van der Waals surface area contributed by atoms with Crippen molar-refractivity contribution in [1.29, 1.82) is 26.3 Å². The molecule has 3 rings (SSSR count). The van der Waals surface area contributed by atoms with Crippen LogP contribution in [-0.4, -0.2) is 28.2 Å². The minimum atomic E-state index is -1.95. The summed E-state index contributed by atoms with van der Waals surface area (Å²) < 4.78 is 0. The molecule has 0 saturated carbocycles. The van der Waals surface area contributed by atoms with Crippen LogP contribution in [0.5, 0.6) is 0 Å². The van der Waals surface area contributed by atoms with E-state index in [1.165, 1.54) is 6.08 Å². The van der Waals surface area contributed by atoms with E-state index in [0.717, 1.165) is 11.4 Å². The van der Waals surface area contributed by atoms with E-state index in [0.29, 0.717) is 11.1 Å². The number of hydrogen-bond donors (Lipinski definition) is 0. The van der Waals surface area contributed by atoms with E-state index in [1.807, 2.05) is 68.3 Å². The van der Waals surface area contributed by atoms with Gasteiger partial charge in [-0.25, -0.2) is 0 Å². The molecule has 7 heteroatoms. The van der Waals surface area contributed by atoms with Gasteiger partial charge in [0.1, 0.15) is 0 Å². The second kappa shape index (κ2) is 8.84. The lowest BCUT2D eigenvalue weighted by molar-refractivity contribution is 0.754. The summed E-state index contributed by atoms with van der Waals surface area (Å²) in [6, 6.07) is 24.2. The third-order valence-corrected chi connectivity index (χ3v) is 5.95. The summed E-state index contributed by atoms with van der Waals surface area (Å²) in [5.41, 5.74) is -1.08. The van der Waals surface area contributed by atoms with Crippen LogP contribution in [0.2, 0.25) is 0 Å². The monoisotopic (exact) mass is 443 g/mol. The van der Waals surface area contributed by atoms with Gasteiger partial charge in [-0.2, -0.15) is 26.3 Å². The van der Waals surface area contributed by atoms with Gasteiger partial charge in [0, 0.05) is 45.1 Å². The zero-order valence-electron chi connectivity index (χ0n) is 19.3. The average molecular weight is 444 g/mol. The minimum Gasteiger partial charge on any atom is -0.378 e. The van der Waals surface area contributed by atoms with Crippen molar-refractivity contribution >= 4 is 22.5 Å². The summed E-state index contributed by atoms with van der Waals surface area (Å²) in [4.78, 5) is 3.79. The molecule has 0 amide bonds. The average Bonchev–Trinajstić information content (AvgIpc) is 2.87. The van der Waals surface area contributed by atoms with Gasteiger partial charge in [0.05, 0.1) is 35.9 Å². The van der Waals surface area contributed by atoms with Gasteiger partial charge in [0.15, 0.2) is 10.8 Å². The summed E-state index contributed by atoms with van der Waals surface area (Å²) in [7, 11) is 7.52. The Bertz CT molecular complexity index is 1360. The molecule has 0 spiro atoms. The molecule has 0 saturated heterocycles. The molecule has 0 atom stereocenters. The summed E-state index contributed by atoms with van der Waals surface area (Å²) in [6.45, 7) is 0. The molecule has 164 valence electrons. The summed E-state index contributed by atoms with van der Waals surface area (Å²) >= 11 is 0. The maximum Gasteiger partial charge on any atom is 0.197 e. The second-order valence-electron chi connectivity index (χ2n) is 8.31. The van der Waals surface area contributed by atoms with Gasteiger partial charge in [-0.3, -0.25) is 0 Å². The van der Waals surface area contributed by atoms with Gasteiger partial charge >= 0.3 is 0 Å². The lowest BCUT2D eigenvalue weighted by Gasteiger charge is -2.35. The SMILES string of the molecule is CN(C)c1ccc(C2=CC(C#N)(C#N)C(C#N)=C(c3ccc(N(C)C)cc3)C2(C#N)C#N)cc1. The fraction of sp³-hybridized carbons (Fsp3) is 0.222. The second-order valence-corrected chi connectivity index (χ2v) is 8.31. The van der Waals surface area contributed by atoms with Crippen LogP contribution in [0, 0.1) is 67.5 Å². The zero-order chi connectivity index (χ0) is 25.1. The number of anilines is 2. The standard InChI is InChI=1S/C27H21N7/c1-33(2)21-9-5-19(6-10-21)23-13-26(15-29,16-30)24(14-28)25(27(23,17-31)18-32)20-7-11-22(12-8-20)34(3)4/h5-13H,1-4H3. The molecule has 1 aliphatic carbocycles. The lowest BCUT2D eigenvalue weighted by Crippen LogP contribution is -2.32. The molecule has 7 nitrogen and oxygen atoms in total. The lowest BCUT2D eigenvalue weighted by atomic mass is 9.60. The van der Waals surface area contributed by atoms with E-state index >= 15 is 0 Å². The van der Waals surface area contributed by atoms with E-state index in [1.54, 1.807) is 36.4 Å². The number of nitriles is 5. The first kappa shape index (κ1) is 23.6. The fourth-order valence-electron chi connectivity index (χ4n) is 4.05. The Kier molecular flexibility index (Phi) is 6.14. The van der Waals surface area contributed by atoms with Crippen LogP contribution in [0.15, 0.2) is 60.2 Å². The molecule has 0 radical (unpaired) electrons. The van der Waals surface area contributed by atoms with E-state index in [2.05, 4.69) is 12.1 Å². The van der Waals surface area contributed by atoms with E-state index < -0.39 is 10.8 Å². The number of hydrogen-bond acceptors (Lipinski definition) is 7. The molecule has 0 fully saturated rings. The molecule has 0 heterocycles. The first-order valence-corrected chi connectivity index (χ1v) is 10.3. The predicted molar refractivity (Wildman–Crippen MR) is 129 cm³/mol. The van der Waals surface area contributed by atoms with Crippen LogP contribution in [0.3, 0.4) is 0 Å². The van der Waals surface area contributed by atoms with Crippen molar-refractivity contribution in [2.45, 2.75) is 0 Å². The highest BCUT2D eigenvalue weighted by Gasteiger charge is 2.52. The molecule has 0 bridgehead atoms. The first-order valence-electron chi connectivity index (χ1n) is 10.3. The van der Waals surface area contributed by atoms with Crippen molar-refractivity contribution < 1.29 is 0 Å². The Morgan fingerprint density at radius 1 is 0.618 bits per heavy atom. The summed E-state index contributed by atoms with van der Waals surface area (Å²) in [5, 5.41) is 50.9. The number of nitrogens with zero attached hydrogens (tertiary/aromatic N) is 7. The van der Waals surface area contributed by atoms with Crippen molar-refractivity contribution in [2.75, 3.05) is 38.0 Å². The highest BCUT2D eigenvalue weighted by molar-refractivity contribution is 5.99. The van der Waals surface area contributed by atoms with Crippen molar-refractivity contribution in [3.8, 4) is 30.3 Å². The number of rotatable bonds is 4. The Labute approximate surface area is 199 Å². The highest BCUT2D eigenvalue weighted by Crippen LogP contribution is 2.55. The normalized spacial score (nSPS) is 15.4. The molecule has 2 aromatic rings. The van der Waals surface area contributed by atoms with Crippen molar-refractivity contribution in [2.24, 2.45) is 10.8 Å². The quantitative estimate of drug-likeness (QED) is 0.691. The predicted octanol–water partition coefficient (Wildman–Crippen LogP) is 4.26. The summed E-state index contributed by atoms with van der Waals surface area (Å²) in [6.07, 6.45) is 1.29. The molecule has 0 aromatic heterocycles. The maximum absolute atomic E-state index is 10.4. The Balaban J connectivity index is 2.42. The van der Waals surface area contributed by atoms with Gasteiger partial charge in [0.2, 0.25) is 0 Å². The number of benzene rings is 2. The van der Waals surface area contributed by atoms with Crippen molar-refractivity contribution in [3.63, 3.8) is 0 Å². The fourth-order valence-corrected chi connectivity index (χ4v) is 4.05. The molecular formula is C27H21N7. The van der Waals surface area contributed by atoms with Crippen molar-refractivity contribution in [1.82, 2.24) is 0 Å². The van der Waals surface area contributed by atoms with Gasteiger partial charge < -0.3 is 9.80 Å². The van der Waals surface area contributed by atoms with Crippen LogP contribution in [0.4, 0.5) is 11.4 Å². The van der Waals surface area contributed by atoms with Crippen LogP contribution in [-0.2, 0) is 0 Å². The van der Waals surface area contributed by atoms with E-state index in [-0.39, 0.29) is 16.7 Å². The van der Waals surface area contributed by atoms with Crippen LogP contribution >= 0.6 is 0 Å². The van der Waals surface area contributed by atoms with Gasteiger partial charge in [-0.05, 0) is 47.0 Å².